The molecule has 1 heterocycles. The van der Waals surface area contributed by atoms with Gasteiger partial charge in [0, 0.05) is 0 Å². The quantitative estimate of drug-likeness (QED) is 0.654. The summed E-state index contributed by atoms with van der Waals surface area (Å²) in [5.74, 6) is -1.13. The molecular formula is C6H11N3O3. The van der Waals surface area contributed by atoms with Crippen molar-refractivity contribution < 1.29 is 14.5 Å². The zero-order chi connectivity index (χ0) is 9.40. The predicted octanol–water partition coefficient (Wildman–Crippen LogP) is -0.00650. The molecule has 1 rings (SSSR count). The van der Waals surface area contributed by atoms with Crippen LogP contribution in [0.3, 0.4) is 0 Å². The third kappa shape index (κ3) is 4.40. The number of carboxylic acid groups (broad SMARTS) is 1. The van der Waals surface area contributed by atoms with Crippen molar-refractivity contribution in [1.82, 2.24) is 15.6 Å². The Bertz CT molecular complexity index is 208. The van der Waals surface area contributed by atoms with Crippen molar-refractivity contribution in [1.29, 1.82) is 0 Å². The lowest BCUT2D eigenvalue weighted by Crippen LogP contribution is -2.01. The second-order valence-corrected chi connectivity index (χ2v) is 1.80. The monoisotopic (exact) mass is 173 g/mol. The first-order valence-corrected chi connectivity index (χ1v) is 3.37. The van der Waals surface area contributed by atoms with Crippen LogP contribution in [0.25, 0.3) is 0 Å². The van der Waals surface area contributed by atoms with E-state index in [2.05, 4.69) is 27.2 Å². The summed E-state index contributed by atoms with van der Waals surface area (Å²) in [7, 11) is 1.93. The van der Waals surface area contributed by atoms with Gasteiger partial charge in [-0.2, -0.15) is 0 Å². The zero-order valence-corrected chi connectivity index (χ0v) is 6.94. The van der Waals surface area contributed by atoms with Gasteiger partial charge in [-0.05, 0) is 18.7 Å². The number of rotatable bonds is 2. The third-order valence-electron chi connectivity index (χ3n) is 0.934. The molecule has 0 atom stereocenters. The van der Waals surface area contributed by atoms with Crippen LogP contribution in [0.1, 0.15) is 17.4 Å². The van der Waals surface area contributed by atoms with E-state index in [9.17, 15) is 4.79 Å². The Labute approximate surface area is 69.5 Å². The van der Waals surface area contributed by atoms with Gasteiger partial charge in [-0.15, -0.1) is 0 Å². The summed E-state index contributed by atoms with van der Waals surface area (Å²) < 4.78 is 3.99. The van der Waals surface area contributed by atoms with Crippen LogP contribution in [0.5, 0.6) is 0 Å². The first kappa shape index (κ1) is 10.6. The largest absolute Gasteiger partial charge is 0.476 e. The molecule has 0 unspecified atom stereocenters. The standard InChI is InChI=1S/C3H2N2O3.C3H9N/c6-3(7)2-1-4-8-5-2;1-3-4-2/h1H,(H,6,7);4H,3H2,1-2H3. The van der Waals surface area contributed by atoms with Gasteiger partial charge < -0.3 is 10.4 Å². The molecule has 0 fully saturated rings. The van der Waals surface area contributed by atoms with Gasteiger partial charge in [-0.3, -0.25) is 0 Å². The van der Waals surface area contributed by atoms with Gasteiger partial charge in [0.05, 0.1) is 0 Å². The molecule has 0 aliphatic carbocycles. The van der Waals surface area contributed by atoms with E-state index in [1.807, 2.05) is 7.05 Å². The number of carboxylic acids is 1. The highest BCUT2D eigenvalue weighted by molar-refractivity contribution is 5.84. The Morgan fingerprint density at radius 1 is 1.83 bits per heavy atom. The Balaban J connectivity index is 0.000000261. The fourth-order valence-corrected chi connectivity index (χ4v) is 0.259. The Hall–Kier alpha value is -1.43. The van der Waals surface area contributed by atoms with E-state index in [1.165, 1.54) is 0 Å². The van der Waals surface area contributed by atoms with Gasteiger partial charge in [0.1, 0.15) is 6.20 Å². The number of aromatic nitrogens is 2. The minimum absolute atomic E-state index is 0.176. The number of nitrogens with zero attached hydrogens (tertiary/aromatic N) is 2. The van der Waals surface area contributed by atoms with E-state index >= 15 is 0 Å². The molecule has 0 aromatic carbocycles. The minimum atomic E-state index is -1.13. The molecule has 6 heteroatoms. The molecule has 0 spiro atoms. The Morgan fingerprint density at radius 2 is 2.42 bits per heavy atom. The molecule has 12 heavy (non-hydrogen) atoms. The highest BCUT2D eigenvalue weighted by atomic mass is 16.6. The van der Waals surface area contributed by atoms with E-state index in [0.29, 0.717) is 0 Å². The molecule has 0 radical (unpaired) electrons. The molecule has 2 N–H and O–H groups in total. The zero-order valence-electron chi connectivity index (χ0n) is 6.94. The van der Waals surface area contributed by atoms with Crippen molar-refractivity contribution in [3.05, 3.63) is 11.9 Å². The normalized spacial score (nSPS) is 8.50. The second-order valence-electron chi connectivity index (χ2n) is 1.80. The molecule has 1 aromatic heterocycles. The average molecular weight is 173 g/mol. The maximum atomic E-state index is 9.90. The van der Waals surface area contributed by atoms with Crippen molar-refractivity contribution in [2.75, 3.05) is 13.6 Å². The molecule has 0 aliphatic heterocycles. The lowest BCUT2D eigenvalue weighted by Gasteiger charge is -1.76. The van der Waals surface area contributed by atoms with E-state index in [-0.39, 0.29) is 5.69 Å². The highest BCUT2D eigenvalue weighted by Gasteiger charge is 2.04. The fourth-order valence-electron chi connectivity index (χ4n) is 0.259. The van der Waals surface area contributed by atoms with E-state index in [1.54, 1.807) is 0 Å². The van der Waals surface area contributed by atoms with Crippen LogP contribution in [-0.2, 0) is 0 Å². The first-order valence-electron chi connectivity index (χ1n) is 3.37. The Morgan fingerprint density at radius 3 is 2.58 bits per heavy atom. The van der Waals surface area contributed by atoms with Crippen LogP contribution in [0.2, 0.25) is 0 Å². The maximum Gasteiger partial charge on any atom is 0.359 e. The summed E-state index contributed by atoms with van der Waals surface area (Å²) in [6.45, 7) is 3.14. The van der Waals surface area contributed by atoms with Crippen molar-refractivity contribution >= 4 is 5.97 Å². The Kier molecular flexibility index (Phi) is 5.54. The lowest BCUT2D eigenvalue weighted by molar-refractivity contribution is 0.0685. The first-order chi connectivity index (χ1) is 5.72. The number of aromatic carboxylic acids is 1. The summed E-state index contributed by atoms with van der Waals surface area (Å²) in [6.07, 6.45) is 1.03. The summed E-state index contributed by atoms with van der Waals surface area (Å²) in [4.78, 5) is 9.90. The minimum Gasteiger partial charge on any atom is -0.476 e. The maximum absolute atomic E-state index is 9.90. The van der Waals surface area contributed by atoms with Crippen LogP contribution in [0.4, 0.5) is 0 Å². The van der Waals surface area contributed by atoms with Crippen molar-refractivity contribution in [2.45, 2.75) is 6.92 Å². The van der Waals surface area contributed by atoms with Crippen LogP contribution in [0.15, 0.2) is 10.8 Å². The number of carbonyl (C=O) groups is 1. The van der Waals surface area contributed by atoms with Crippen molar-refractivity contribution in [3.8, 4) is 0 Å². The van der Waals surface area contributed by atoms with Crippen LogP contribution < -0.4 is 5.32 Å². The van der Waals surface area contributed by atoms with Gasteiger partial charge in [-0.25, -0.2) is 9.42 Å². The summed E-state index contributed by atoms with van der Waals surface area (Å²) in [5, 5.41) is 17.1. The van der Waals surface area contributed by atoms with Gasteiger partial charge in [-0.1, -0.05) is 12.1 Å². The molecular weight excluding hydrogens is 162 g/mol. The predicted molar refractivity (Wildman–Crippen MR) is 40.9 cm³/mol. The lowest BCUT2D eigenvalue weighted by atomic mass is 10.5. The second kappa shape index (κ2) is 6.29. The summed E-state index contributed by atoms with van der Waals surface area (Å²) >= 11 is 0. The summed E-state index contributed by atoms with van der Waals surface area (Å²) in [6, 6.07) is 0. The fraction of sp³-hybridized carbons (Fsp3) is 0.500. The molecule has 0 bridgehead atoms. The third-order valence-corrected chi connectivity index (χ3v) is 0.934. The summed E-state index contributed by atoms with van der Waals surface area (Å²) in [5.41, 5.74) is -0.176. The van der Waals surface area contributed by atoms with E-state index < -0.39 is 5.97 Å². The van der Waals surface area contributed by atoms with Crippen LogP contribution >= 0.6 is 0 Å². The molecule has 0 aliphatic rings. The topological polar surface area (TPSA) is 88.2 Å². The smallest absolute Gasteiger partial charge is 0.359 e. The van der Waals surface area contributed by atoms with Gasteiger partial charge in [0.25, 0.3) is 0 Å². The van der Waals surface area contributed by atoms with Gasteiger partial charge >= 0.3 is 5.97 Å². The van der Waals surface area contributed by atoms with Crippen molar-refractivity contribution in [3.63, 3.8) is 0 Å². The molecule has 0 amide bonds. The molecule has 0 saturated heterocycles. The van der Waals surface area contributed by atoms with E-state index in [0.717, 1.165) is 12.7 Å². The SMILES string of the molecule is CCNC.O=C(O)c1cnon1. The van der Waals surface area contributed by atoms with E-state index in [4.69, 9.17) is 5.11 Å². The van der Waals surface area contributed by atoms with Gasteiger partial charge in [0.2, 0.25) is 5.69 Å². The van der Waals surface area contributed by atoms with Crippen LogP contribution in [-0.4, -0.2) is 35.0 Å². The highest BCUT2D eigenvalue weighted by Crippen LogP contribution is 1.87. The number of nitrogens with one attached hydrogen (secondary N) is 1. The molecule has 68 valence electrons. The molecule has 6 nitrogen and oxygen atoms in total. The number of hydrogen-bond acceptors (Lipinski definition) is 5. The average Bonchev–Trinajstić information content (AvgIpc) is 2.57. The molecule has 0 saturated carbocycles. The number of hydrogen-bond donors (Lipinski definition) is 2. The van der Waals surface area contributed by atoms with Gasteiger partial charge in [0.15, 0.2) is 0 Å². The molecule has 1 aromatic rings. The van der Waals surface area contributed by atoms with Crippen LogP contribution in [0, 0.1) is 0 Å². The van der Waals surface area contributed by atoms with Crippen molar-refractivity contribution in [2.24, 2.45) is 0 Å².